The van der Waals surface area contributed by atoms with E-state index in [0.717, 1.165) is 12.8 Å². The van der Waals surface area contributed by atoms with Crippen LogP contribution in [0.3, 0.4) is 0 Å². The van der Waals surface area contributed by atoms with Gasteiger partial charge in [-0.3, -0.25) is 0 Å². The summed E-state index contributed by atoms with van der Waals surface area (Å²) in [6, 6.07) is 1.92. The molecular weight excluding hydrogens is 218 g/mol. The van der Waals surface area contributed by atoms with Crippen molar-refractivity contribution in [2.24, 2.45) is 5.92 Å². The molecule has 94 valence electrons. The Bertz CT molecular complexity index is 300. The molecule has 1 aliphatic carbocycles. The van der Waals surface area contributed by atoms with Crippen LogP contribution < -0.4 is 0 Å². The zero-order valence-electron chi connectivity index (χ0n) is 10.2. The zero-order chi connectivity index (χ0) is 12.5. The molecule has 0 saturated heterocycles. The van der Waals surface area contributed by atoms with Crippen molar-refractivity contribution in [1.29, 1.82) is 5.26 Å². The summed E-state index contributed by atoms with van der Waals surface area (Å²) in [7, 11) is 0. The van der Waals surface area contributed by atoms with Gasteiger partial charge >= 0.3 is 6.16 Å². The second-order valence-electron chi connectivity index (χ2n) is 4.13. The van der Waals surface area contributed by atoms with E-state index in [1.54, 1.807) is 13.0 Å². The lowest BCUT2D eigenvalue weighted by Crippen LogP contribution is -2.16. The molecule has 0 amide bonds. The van der Waals surface area contributed by atoms with Crippen LogP contribution >= 0.6 is 0 Å². The van der Waals surface area contributed by atoms with Crippen molar-refractivity contribution in [1.82, 2.24) is 0 Å². The van der Waals surface area contributed by atoms with Gasteiger partial charge in [-0.1, -0.05) is 25.3 Å². The maximum Gasteiger partial charge on any atom is 0.509 e. The van der Waals surface area contributed by atoms with Crippen LogP contribution in [0.2, 0.25) is 0 Å². The molecule has 1 fully saturated rings. The van der Waals surface area contributed by atoms with Gasteiger partial charge in [-0.2, -0.15) is 5.26 Å². The van der Waals surface area contributed by atoms with Crippen LogP contribution in [0.5, 0.6) is 0 Å². The second kappa shape index (κ2) is 7.72. The number of ether oxygens (including phenoxy) is 2. The maximum absolute atomic E-state index is 11.0. The molecule has 0 spiro atoms. The highest BCUT2D eigenvalue weighted by Crippen LogP contribution is 2.24. The molecule has 0 radical (unpaired) electrons. The van der Waals surface area contributed by atoms with Gasteiger partial charge in [0.25, 0.3) is 0 Å². The SMILES string of the molecule is CCOC(=O)O[C@@H](C#N)/C=C/C1CCCCC1. The van der Waals surface area contributed by atoms with Crippen LogP contribution in [0.1, 0.15) is 39.0 Å². The Labute approximate surface area is 102 Å². The fourth-order valence-electron chi connectivity index (χ4n) is 1.95. The summed E-state index contributed by atoms with van der Waals surface area (Å²) >= 11 is 0. The number of carbonyl (C=O) groups is 1. The molecule has 1 aliphatic rings. The Balaban J connectivity index is 2.37. The molecule has 4 heteroatoms. The van der Waals surface area contributed by atoms with E-state index in [2.05, 4.69) is 4.74 Å². The summed E-state index contributed by atoms with van der Waals surface area (Å²) in [6.45, 7) is 1.95. The zero-order valence-corrected chi connectivity index (χ0v) is 10.2. The van der Waals surface area contributed by atoms with Crippen molar-refractivity contribution in [3.05, 3.63) is 12.2 Å². The van der Waals surface area contributed by atoms with E-state index in [9.17, 15) is 4.79 Å². The number of nitrogens with zero attached hydrogens (tertiary/aromatic N) is 1. The Hall–Kier alpha value is -1.50. The third-order valence-electron chi connectivity index (χ3n) is 2.82. The van der Waals surface area contributed by atoms with Crippen LogP contribution in [0.15, 0.2) is 12.2 Å². The molecule has 0 unspecified atom stereocenters. The van der Waals surface area contributed by atoms with Gasteiger partial charge in [0, 0.05) is 0 Å². The number of hydrogen-bond donors (Lipinski definition) is 0. The highest BCUT2D eigenvalue weighted by Gasteiger charge is 2.14. The van der Waals surface area contributed by atoms with E-state index in [1.807, 2.05) is 12.1 Å². The van der Waals surface area contributed by atoms with Crippen LogP contribution in [0.4, 0.5) is 4.79 Å². The van der Waals surface area contributed by atoms with Crippen LogP contribution in [-0.2, 0) is 9.47 Å². The Morgan fingerprint density at radius 3 is 2.76 bits per heavy atom. The molecule has 0 aromatic rings. The molecule has 0 heterocycles. The Morgan fingerprint density at radius 1 is 1.47 bits per heavy atom. The van der Waals surface area contributed by atoms with Gasteiger partial charge in [-0.15, -0.1) is 0 Å². The third kappa shape index (κ3) is 5.39. The van der Waals surface area contributed by atoms with Gasteiger partial charge in [-0.05, 0) is 31.8 Å². The quantitative estimate of drug-likeness (QED) is 0.556. The predicted molar refractivity (Wildman–Crippen MR) is 63.2 cm³/mol. The molecular formula is C13H19NO3. The fourth-order valence-corrected chi connectivity index (χ4v) is 1.95. The van der Waals surface area contributed by atoms with E-state index in [4.69, 9.17) is 10.00 Å². The fraction of sp³-hybridized carbons (Fsp3) is 0.692. The molecule has 1 atom stereocenters. The van der Waals surface area contributed by atoms with E-state index in [0.29, 0.717) is 5.92 Å². The minimum absolute atomic E-state index is 0.253. The number of carbonyl (C=O) groups excluding carboxylic acids is 1. The van der Waals surface area contributed by atoms with Crippen LogP contribution in [-0.4, -0.2) is 18.9 Å². The number of allylic oxidation sites excluding steroid dienone is 1. The van der Waals surface area contributed by atoms with Gasteiger partial charge in [0.1, 0.15) is 6.07 Å². The summed E-state index contributed by atoms with van der Waals surface area (Å²) in [5.41, 5.74) is 0. The van der Waals surface area contributed by atoms with Gasteiger partial charge in [0.15, 0.2) is 0 Å². The lowest BCUT2D eigenvalue weighted by molar-refractivity contribution is 0.0533. The number of hydrogen-bond acceptors (Lipinski definition) is 4. The third-order valence-corrected chi connectivity index (χ3v) is 2.82. The van der Waals surface area contributed by atoms with E-state index >= 15 is 0 Å². The first-order valence-electron chi connectivity index (χ1n) is 6.17. The molecule has 0 aromatic heterocycles. The topological polar surface area (TPSA) is 59.3 Å². The first-order chi connectivity index (χ1) is 8.26. The minimum Gasteiger partial charge on any atom is -0.435 e. The normalized spacial score (nSPS) is 18.6. The molecule has 0 bridgehead atoms. The van der Waals surface area contributed by atoms with E-state index < -0.39 is 12.3 Å². The summed E-state index contributed by atoms with van der Waals surface area (Å²) in [5.74, 6) is 0.519. The Morgan fingerprint density at radius 2 is 2.18 bits per heavy atom. The van der Waals surface area contributed by atoms with E-state index in [1.165, 1.54) is 19.3 Å². The van der Waals surface area contributed by atoms with Gasteiger partial charge in [0.05, 0.1) is 6.61 Å². The summed E-state index contributed by atoms with van der Waals surface area (Å²) in [5, 5.41) is 8.84. The predicted octanol–water partition coefficient (Wildman–Crippen LogP) is 3.19. The molecule has 0 N–H and O–H groups in total. The van der Waals surface area contributed by atoms with E-state index in [-0.39, 0.29) is 6.61 Å². The maximum atomic E-state index is 11.0. The second-order valence-corrected chi connectivity index (χ2v) is 4.13. The molecule has 0 aliphatic heterocycles. The highest BCUT2D eigenvalue weighted by atomic mass is 16.7. The van der Waals surface area contributed by atoms with Crippen molar-refractivity contribution in [3.8, 4) is 6.07 Å². The number of rotatable bonds is 4. The lowest BCUT2D eigenvalue weighted by Gasteiger charge is -2.18. The number of nitriles is 1. The average molecular weight is 237 g/mol. The van der Waals surface area contributed by atoms with Gasteiger partial charge in [0.2, 0.25) is 6.10 Å². The smallest absolute Gasteiger partial charge is 0.435 e. The largest absolute Gasteiger partial charge is 0.509 e. The van der Waals surface area contributed by atoms with Crippen molar-refractivity contribution in [2.45, 2.75) is 45.1 Å². The van der Waals surface area contributed by atoms with Gasteiger partial charge < -0.3 is 9.47 Å². The first kappa shape index (κ1) is 13.6. The highest BCUT2D eigenvalue weighted by molar-refractivity contribution is 5.60. The summed E-state index contributed by atoms with van der Waals surface area (Å²) in [6.07, 6.45) is 8.13. The van der Waals surface area contributed by atoms with Crippen LogP contribution in [0.25, 0.3) is 0 Å². The molecule has 0 aromatic carbocycles. The van der Waals surface area contributed by atoms with Crippen molar-refractivity contribution >= 4 is 6.16 Å². The molecule has 17 heavy (non-hydrogen) atoms. The molecule has 4 nitrogen and oxygen atoms in total. The average Bonchev–Trinajstić information content (AvgIpc) is 2.36. The Kier molecular flexibility index (Phi) is 6.16. The summed E-state index contributed by atoms with van der Waals surface area (Å²) in [4.78, 5) is 11.0. The minimum atomic E-state index is -0.837. The van der Waals surface area contributed by atoms with Crippen LogP contribution in [0, 0.1) is 17.2 Å². The van der Waals surface area contributed by atoms with Crippen molar-refractivity contribution in [2.75, 3.05) is 6.61 Å². The first-order valence-corrected chi connectivity index (χ1v) is 6.17. The lowest BCUT2D eigenvalue weighted by atomic mass is 9.89. The summed E-state index contributed by atoms with van der Waals surface area (Å²) < 4.78 is 9.44. The van der Waals surface area contributed by atoms with Crippen molar-refractivity contribution in [3.63, 3.8) is 0 Å². The standard InChI is InChI=1S/C13H19NO3/c1-2-16-13(15)17-12(10-14)9-8-11-6-4-3-5-7-11/h8-9,11-12H,2-7H2,1H3/b9-8+/t12-/m1/s1. The van der Waals surface area contributed by atoms with Crippen molar-refractivity contribution < 1.29 is 14.3 Å². The molecule has 1 rings (SSSR count). The monoisotopic (exact) mass is 237 g/mol. The molecule has 1 saturated carbocycles. The van der Waals surface area contributed by atoms with Gasteiger partial charge in [-0.25, -0.2) is 4.79 Å².